The summed E-state index contributed by atoms with van der Waals surface area (Å²) in [7, 11) is -1.63. The van der Waals surface area contributed by atoms with E-state index in [9.17, 15) is 22.8 Å². The van der Waals surface area contributed by atoms with E-state index in [4.69, 9.17) is 19.9 Å². The molecule has 4 aromatic rings. The number of pyridine rings is 1. The molecule has 270 valence electrons. The molecular formula is C36H40FN5O8S. The highest BCUT2D eigenvalue weighted by Gasteiger charge is 2.47. The summed E-state index contributed by atoms with van der Waals surface area (Å²) in [6.07, 6.45) is 0.837. The van der Waals surface area contributed by atoms with Crippen molar-refractivity contribution in [3.63, 3.8) is 0 Å². The molecule has 15 heteroatoms. The number of carbonyl (C=O) groups excluding carboxylic acids is 3. The van der Waals surface area contributed by atoms with Crippen molar-refractivity contribution in [3.05, 3.63) is 83.8 Å². The van der Waals surface area contributed by atoms with Crippen molar-refractivity contribution in [3.8, 4) is 5.75 Å². The molecule has 1 aliphatic rings. The first-order valence-corrected chi connectivity index (χ1v) is 17.8. The summed E-state index contributed by atoms with van der Waals surface area (Å²) in [5.74, 6) is -2.41. The van der Waals surface area contributed by atoms with E-state index in [1.54, 1.807) is 37.4 Å². The van der Waals surface area contributed by atoms with Gasteiger partial charge in [-0.3, -0.25) is 14.9 Å². The number of anilines is 3. The first kappa shape index (κ1) is 36.8. The molecule has 1 aliphatic heterocycles. The van der Waals surface area contributed by atoms with E-state index < -0.39 is 56.9 Å². The number of aromatic nitrogens is 1. The molecule has 51 heavy (non-hydrogen) atoms. The third-order valence-corrected chi connectivity index (χ3v) is 11.0. The fourth-order valence-corrected chi connectivity index (χ4v) is 7.53. The number of nitrogens with one attached hydrogen (secondary N) is 2. The van der Waals surface area contributed by atoms with Gasteiger partial charge in [-0.25, -0.2) is 22.6 Å². The molecule has 0 spiro atoms. The van der Waals surface area contributed by atoms with E-state index in [0.717, 1.165) is 0 Å². The number of methoxy groups -OCH3 is 2. The molecule has 2 heterocycles. The number of nitrogens with zero attached hydrogens (tertiary/aromatic N) is 2. The van der Waals surface area contributed by atoms with Gasteiger partial charge in [0.25, 0.3) is 0 Å². The summed E-state index contributed by atoms with van der Waals surface area (Å²) in [6, 6.07) is 12.5. The minimum atomic E-state index is -4.01. The Morgan fingerprint density at radius 1 is 1.02 bits per heavy atom. The van der Waals surface area contributed by atoms with Crippen LogP contribution in [-0.2, 0) is 28.9 Å². The molecule has 4 N–H and O–H groups in total. The van der Waals surface area contributed by atoms with Gasteiger partial charge in [-0.2, -0.15) is 0 Å². The monoisotopic (exact) mass is 721 g/mol. The van der Waals surface area contributed by atoms with Gasteiger partial charge in [0.2, 0.25) is 5.91 Å². The lowest BCUT2D eigenvalue weighted by atomic mass is 9.92. The Labute approximate surface area is 295 Å². The van der Waals surface area contributed by atoms with Crippen molar-refractivity contribution in [2.45, 2.75) is 49.4 Å². The summed E-state index contributed by atoms with van der Waals surface area (Å²) < 4.78 is 58.9. The number of halogens is 1. The van der Waals surface area contributed by atoms with Crippen LogP contribution < -0.4 is 21.1 Å². The number of nitrogen functional groups attached to an aromatic ring is 1. The maximum atomic E-state index is 15.8. The second-order valence-electron chi connectivity index (χ2n) is 12.2. The topological polar surface area (TPSA) is 179 Å². The molecule has 2 amide bonds. The van der Waals surface area contributed by atoms with E-state index >= 15 is 4.39 Å². The highest BCUT2D eigenvalue weighted by molar-refractivity contribution is 7.92. The molecule has 0 saturated carbocycles. The lowest BCUT2D eigenvalue weighted by molar-refractivity contribution is -0.147. The summed E-state index contributed by atoms with van der Waals surface area (Å²) in [4.78, 5) is 45.8. The minimum absolute atomic E-state index is 0.00996. The van der Waals surface area contributed by atoms with Crippen LogP contribution in [0.3, 0.4) is 0 Å². The average molecular weight is 722 g/mol. The van der Waals surface area contributed by atoms with Crippen LogP contribution in [0.5, 0.6) is 5.75 Å². The van der Waals surface area contributed by atoms with Crippen LogP contribution in [0, 0.1) is 11.7 Å². The fourth-order valence-electron chi connectivity index (χ4n) is 6.26. The van der Waals surface area contributed by atoms with Crippen LogP contribution in [0.15, 0.2) is 71.8 Å². The Hall–Kier alpha value is -5.44. The van der Waals surface area contributed by atoms with E-state index in [2.05, 4.69) is 15.6 Å². The molecular weight excluding hydrogens is 681 g/mol. The third kappa shape index (κ3) is 7.53. The Morgan fingerprint density at radius 3 is 2.45 bits per heavy atom. The van der Waals surface area contributed by atoms with Crippen LogP contribution in [0.4, 0.5) is 26.4 Å². The minimum Gasteiger partial charge on any atom is -0.494 e. The van der Waals surface area contributed by atoms with Crippen molar-refractivity contribution in [2.75, 3.05) is 43.7 Å². The van der Waals surface area contributed by atoms with Gasteiger partial charge in [-0.05, 0) is 98.8 Å². The number of esters is 1. The van der Waals surface area contributed by atoms with Gasteiger partial charge >= 0.3 is 12.1 Å². The van der Waals surface area contributed by atoms with E-state index in [-0.39, 0.29) is 41.3 Å². The molecule has 3 aromatic carbocycles. The number of ether oxygens (including phenoxy) is 3. The normalized spacial score (nSPS) is 16.5. The summed E-state index contributed by atoms with van der Waals surface area (Å²) in [5, 5.41) is 6.22. The van der Waals surface area contributed by atoms with Gasteiger partial charge in [0, 0.05) is 35.1 Å². The SMILES string of the molecule is CCOc1ccc(F)c([C@@H](Nc2ccc3c(N)nccc3c2)C(=O)N2CC[C@H](C(=O)OC)[C@@H]2c2cc(NC(=O)OC)ccc2S(=O)(=O)C(C)C)c1. The quantitative estimate of drug-likeness (QED) is 0.163. The molecule has 1 aromatic heterocycles. The van der Waals surface area contributed by atoms with Crippen molar-refractivity contribution in [2.24, 2.45) is 5.92 Å². The van der Waals surface area contributed by atoms with Crippen molar-refractivity contribution in [1.82, 2.24) is 9.88 Å². The lowest BCUT2D eigenvalue weighted by Gasteiger charge is -2.33. The van der Waals surface area contributed by atoms with Gasteiger partial charge in [0.05, 0.1) is 42.9 Å². The Morgan fingerprint density at radius 2 is 1.76 bits per heavy atom. The van der Waals surface area contributed by atoms with Gasteiger partial charge in [-0.1, -0.05) is 0 Å². The van der Waals surface area contributed by atoms with Crippen LogP contribution in [-0.4, -0.2) is 68.9 Å². The van der Waals surface area contributed by atoms with Crippen molar-refractivity contribution < 1.29 is 41.4 Å². The zero-order chi connectivity index (χ0) is 37.0. The zero-order valence-corrected chi connectivity index (χ0v) is 29.6. The number of amides is 2. The smallest absolute Gasteiger partial charge is 0.411 e. The second-order valence-corrected chi connectivity index (χ2v) is 14.7. The molecule has 0 unspecified atom stereocenters. The Bertz CT molecular complexity index is 2080. The predicted molar refractivity (Wildman–Crippen MR) is 189 cm³/mol. The first-order chi connectivity index (χ1) is 24.3. The summed E-state index contributed by atoms with van der Waals surface area (Å²) in [5.41, 5.74) is 6.70. The predicted octanol–water partition coefficient (Wildman–Crippen LogP) is 5.63. The van der Waals surface area contributed by atoms with Gasteiger partial charge in [0.15, 0.2) is 9.84 Å². The number of likely N-dealkylation sites (tertiary alicyclic amines) is 1. The molecule has 13 nitrogen and oxygen atoms in total. The summed E-state index contributed by atoms with van der Waals surface area (Å²) >= 11 is 0. The first-order valence-electron chi connectivity index (χ1n) is 16.2. The number of carbonyl (C=O) groups is 3. The Balaban J connectivity index is 1.69. The molecule has 1 saturated heterocycles. The van der Waals surface area contributed by atoms with E-state index in [1.807, 2.05) is 0 Å². The number of sulfone groups is 1. The molecule has 5 rings (SSSR count). The van der Waals surface area contributed by atoms with Crippen molar-refractivity contribution in [1.29, 1.82) is 0 Å². The summed E-state index contributed by atoms with van der Waals surface area (Å²) in [6.45, 7) is 5.07. The lowest BCUT2D eigenvalue weighted by Crippen LogP contribution is -2.40. The Kier molecular flexibility index (Phi) is 11.0. The van der Waals surface area contributed by atoms with Crippen LogP contribution in [0.2, 0.25) is 0 Å². The zero-order valence-electron chi connectivity index (χ0n) is 28.8. The molecule has 0 aliphatic carbocycles. The van der Waals surface area contributed by atoms with Crippen LogP contribution in [0.25, 0.3) is 10.8 Å². The number of hydrogen-bond donors (Lipinski definition) is 3. The molecule has 1 fully saturated rings. The maximum Gasteiger partial charge on any atom is 0.411 e. The number of nitrogens with two attached hydrogens (primary N) is 1. The van der Waals surface area contributed by atoms with E-state index in [1.165, 1.54) is 69.4 Å². The second kappa shape index (κ2) is 15.2. The molecule has 0 radical (unpaired) electrons. The maximum absolute atomic E-state index is 15.8. The molecule has 0 bridgehead atoms. The molecule has 3 atom stereocenters. The average Bonchev–Trinajstić information content (AvgIpc) is 3.56. The highest BCUT2D eigenvalue weighted by atomic mass is 32.2. The van der Waals surface area contributed by atoms with Crippen molar-refractivity contribution >= 4 is 55.8 Å². The van der Waals surface area contributed by atoms with Gasteiger partial charge < -0.3 is 30.2 Å². The van der Waals surface area contributed by atoms with E-state index in [0.29, 0.717) is 28.0 Å². The fraction of sp³-hybridized carbons (Fsp3) is 0.333. The highest BCUT2D eigenvalue weighted by Crippen LogP contribution is 2.44. The largest absolute Gasteiger partial charge is 0.494 e. The number of hydrogen-bond acceptors (Lipinski definition) is 11. The number of benzene rings is 3. The van der Waals surface area contributed by atoms with Crippen LogP contribution in [0.1, 0.15) is 50.4 Å². The number of rotatable bonds is 11. The van der Waals surface area contributed by atoms with Crippen LogP contribution >= 0.6 is 0 Å². The number of fused-ring (bicyclic) bond motifs is 1. The standard InChI is InChI=1S/C36H40FN5O8S/c1-6-50-24-9-11-29(37)27(19-24)31(40-22-7-10-25-21(17-22)13-15-39-33(25)38)34(43)42-16-14-26(35(44)48-4)32(42)28-18-23(41-36(45)49-5)8-12-30(28)51(46,47)20(2)3/h7-13,15,17-20,26,31-32,40H,6,14,16H2,1-5H3,(H2,38,39)(H,41,45)/t26-,31+,32+/m0/s1. The third-order valence-electron chi connectivity index (χ3n) is 8.81. The van der Waals surface area contributed by atoms with Gasteiger partial charge in [0.1, 0.15) is 23.4 Å². The van der Waals surface area contributed by atoms with Gasteiger partial charge in [-0.15, -0.1) is 0 Å².